The van der Waals surface area contributed by atoms with Gasteiger partial charge in [-0.2, -0.15) is 5.10 Å². The van der Waals surface area contributed by atoms with E-state index in [1.54, 1.807) is 30.3 Å². The van der Waals surface area contributed by atoms with E-state index in [2.05, 4.69) is 10.5 Å². The maximum atomic E-state index is 11.7. The molecule has 0 atom stereocenters. The fraction of sp³-hybridized carbons (Fsp3) is 0.167. The first-order chi connectivity index (χ1) is 12.0. The number of aliphatic carboxylic acids is 1. The van der Waals surface area contributed by atoms with Gasteiger partial charge in [0.1, 0.15) is 11.5 Å². The number of carboxylic acids is 1. The van der Waals surface area contributed by atoms with Crippen LogP contribution in [0.5, 0.6) is 11.5 Å². The molecule has 0 aliphatic heterocycles. The molecule has 0 aliphatic carbocycles. The minimum atomic E-state index is -1.04. The first-order valence-electron chi connectivity index (χ1n) is 7.49. The lowest BCUT2D eigenvalue weighted by molar-refractivity contribution is -0.139. The van der Waals surface area contributed by atoms with Crippen LogP contribution < -0.4 is 14.9 Å². The van der Waals surface area contributed by atoms with Crippen molar-refractivity contribution < 1.29 is 24.2 Å². The molecule has 25 heavy (non-hydrogen) atoms. The highest BCUT2D eigenvalue weighted by Gasteiger charge is 2.03. The first-order valence-corrected chi connectivity index (χ1v) is 7.49. The lowest BCUT2D eigenvalue weighted by atomic mass is 10.2. The summed E-state index contributed by atoms with van der Waals surface area (Å²) in [6.07, 6.45) is 1.46. The predicted octanol–water partition coefficient (Wildman–Crippen LogP) is 1.99. The number of hydrazone groups is 1. The van der Waals surface area contributed by atoms with Gasteiger partial charge in [0.15, 0.2) is 13.2 Å². The third-order valence-corrected chi connectivity index (χ3v) is 3.10. The predicted molar refractivity (Wildman–Crippen MR) is 92.0 cm³/mol. The summed E-state index contributed by atoms with van der Waals surface area (Å²) < 4.78 is 10.4. The van der Waals surface area contributed by atoms with Crippen LogP contribution in [0.2, 0.25) is 0 Å². The Morgan fingerprint density at radius 1 is 1.08 bits per heavy atom. The topological polar surface area (TPSA) is 97.2 Å². The summed E-state index contributed by atoms with van der Waals surface area (Å²) in [6, 6.07) is 14.0. The van der Waals surface area contributed by atoms with Gasteiger partial charge >= 0.3 is 5.97 Å². The largest absolute Gasteiger partial charge is 0.483 e. The molecule has 130 valence electrons. The van der Waals surface area contributed by atoms with E-state index in [1.165, 1.54) is 6.21 Å². The molecule has 0 radical (unpaired) electrons. The Balaban J connectivity index is 1.77. The van der Waals surface area contributed by atoms with Crippen molar-refractivity contribution in [2.45, 2.75) is 6.92 Å². The normalized spacial score (nSPS) is 10.4. The van der Waals surface area contributed by atoms with Gasteiger partial charge in [-0.25, -0.2) is 10.2 Å². The van der Waals surface area contributed by atoms with E-state index in [-0.39, 0.29) is 12.5 Å². The van der Waals surface area contributed by atoms with Gasteiger partial charge in [0.25, 0.3) is 5.91 Å². The van der Waals surface area contributed by atoms with E-state index in [9.17, 15) is 9.59 Å². The second-order valence-corrected chi connectivity index (χ2v) is 5.10. The van der Waals surface area contributed by atoms with Gasteiger partial charge < -0.3 is 14.6 Å². The number of para-hydroxylation sites is 1. The van der Waals surface area contributed by atoms with Crippen LogP contribution in [0.15, 0.2) is 53.6 Å². The molecule has 2 aromatic rings. The molecule has 0 heterocycles. The van der Waals surface area contributed by atoms with E-state index in [0.29, 0.717) is 11.5 Å². The average Bonchev–Trinajstić information content (AvgIpc) is 2.60. The quantitative estimate of drug-likeness (QED) is 0.565. The monoisotopic (exact) mass is 342 g/mol. The molecule has 2 N–H and O–H groups in total. The van der Waals surface area contributed by atoms with Gasteiger partial charge in [0.2, 0.25) is 0 Å². The molecule has 0 fully saturated rings. The molecule has 0 bridgehead atoms. The number of amides is 1. The van der Waals surface area contributed by atoms with E-state index in [0.717, 1.165) is 11.1 Å². The smallest absolute Gasteiger partial charge is 0.341 e. The summed E-state index contributed by atoms with van der Waals surface area (Å²) in [5, 5.41) is 12.4. The summed E-state index contributed by atoms with van der Waals surface area (Å²) in [6.45, 7) is 1.36. The molecule has 0 aromatic heterocycles. The number of hydrogen-bond donors (Lipinski definition) is 2. The number of ether oxygens (including phenoxy) is 2. The highest BCUT2D eigenvalue weighted by Crippen LogP contribution is 2.15. The van der Waals surface area contributed by atoms with Crippen molar-refractivity contribution in [1.82, 2.24) is 5.43 Å². The van der Waals surface area contributed by atoms with Crippen LogP contribution in [0.3, 0.4) is 0 Å². The second kappa shape index (κ2) is 9.07. The molecular formula is C18H18N2O5. The Morgan fingerprint density at radius 2 is 1.80 bits per heavy atom. The van der Waals surface area contributed by atoms with E-state index in [1.807, 2.05) is 25.1 Å². The van der Waals surface area contributed by atoms with Crippen molar-refractivity contribution in [3.8, 4) is 11.5 Å². The molecule has 2 rings (SSSR count). The third-order valence-electron chi connectivity index (χ3n) is 3.10. The van der Waals surface area contributed by atoms with E-state index in [4.69, 9.17) is 14.6 Å². The number of rotatable bonds is 8. The van der Waals surface area contributed by atoms with Gasteiger partial charge in [-0.05, 0) is 48.4 Å². The Hall–Kier alpha value is -3.35. The zero-order valence-electron chi connectivity index (χ0n) is 13.6. The fourth-order valence-corrected chi connectivity index (χ4v) is 1.87. The van der Waals surface area contributed by atoms with Crippen LogP contribution in [-0.2, 0) is 9.59 Å². The van der Waals surface area contributed by atoms with Crippen molar-refractivity contribution in [2.75, 3.05) is 13.2 Å². The number of hydrogen-bond acceptors (Lipinski definition) is 5. The van der Waals surface area contributed by atoms with Crippen LogP contribution >= 0.6 is 0 Å². The molecule has 7 nitrogen and oxygen atoms in total. The van der Waals surface area contributed by atoms with Crippen molar-refractivity contribution in [3.63, 3.8) is 0 Å². The summed E-state index contributed by atoms with van der Waals surface area (Å²) in [7, 11) is 0. The number of nitrogens with one attached hydrogen (secondary N) is 1. The number of carbonyl (C=O) groups excluding carboxylic acids is 1. The molecule has 2 aromatic carbocycles. The fourth-order valence-electron chi connectivity index (χ4n) is 1.87. The zero-order chi connectivity index (χ0) is 18.1. The standard InChI is InChI=1S/C18H18N2O5/c1-13-4-2-3-5-16(13)25-11-17(21)20-19-10-14-6-8-15(9-7-14)24-12-18(22)23/h2-10H,11-12H2,1H3,(H,20,21)(H,22,23). The molecule has 1 amide bonds. The molecule has 0 spiro atoms. The summed E-state index contributed by atoms with van der Waals surface area (Å²) >= 11 is 0. The summed E-state index contributed by atoms with van der Waals surface area (Å²) in [5.74, 6) is -0.323. The van der Waals surface area contributed by atoms with Crippen LogP contribution in [-0.4, -0.2) is 36.4 Å². The van der Waals surface area contributed by atoms with Crippen LogP contribution in [0, 0.1) is 6.92 Å². The highest BCUT2D eigenvalue weighted by molar-refractivity contribution is 5.83. The van der Waals surface area contributed by atoms with Crippen LogP contribution in [0.1, 0.15) is 11.1 Å². The zero-order valence-corrected chi connectivity index (χ0v) is 13.6. The average molecular weight is 342 g/mol. The first kappa shape index (κ1) is 18.0. The number of benzene rings is 2. The Morgan fingerprint density at radius 3 is 2.48 bits per heavy atom. The van der Waals surface area contributed by atoms with Crippen molar-refractivity contribution in [1.29, 1.82) is 0 Å². The van der Waals surface area contributed by atoms with Gasteiger partial charge in [0.05, 0.1) is 6.21 Å². The van der Waals surface area contributed by atoms with Crippen molar-refractivity contribution in [2.24, 2.45) is 5.10 Å². The van der Waals surface area contributed by atoms with Crippen LogP contribution in [0.25, 0.3) is 0 Å². The Bertz CT molecular complexity index is 756. The van der Waals surface area contributed by atoms with E-state index < -0.39 is 12.6 Å². The van der Waals surface area contributed by atoms with E-state index >= 15 is 0 Å². The molecule has 0 saturated heterocycles. The summed E-state index contributed by atoms with van der Waals surface area (Å²) in [5.41, 5.74) is 4.05. The van der Waals surface area contributed by atoms with Crippen molar-refractivity contribution >= 4 is 18.1 Å². The minimum absolute atomic E-state index is 0.135. The molecular weight excluding hydrogens is 324 g/mol. The van der Waals surface area contributed by atoms with Crippen LogP contribution in [0.4, 0.5) is 0 Å². The number of carboxylic acid groups (broad SMARTS) is 1. The van der Waals surface area contributed by atoms with Gasteiger partial charge in [-0.3, -0.25) is 4.79 Å². The maximum Gasteiger partial charge on any atom is 0.341 e. The van der Waals surface area contributed by atoms with Gasteiger partial charge in [-0.1, -0.05) is 18.2 Å². The Labute approximate surface area is 144 Å². The molecule has 0 aliphatic rings. The summed E-state index contributed by atoms with van der Waals surface area (Å²) in [4.78, 5) is 22.1. The third kappa shape index (κ3) is 6.34. The SMILES string of the molecule is Cc1ccccc1OCC(=O)NN=Cc1ccc(OCC(=O)O)cc1. The lowest BCUT2D eigenvalue weighted by Crippen LogP contribution is -2.24. The lowest BCUT2D eigenvalue weighted by Gasteiger charge is -2.07. The molecule has 0 unspecified atom stereocenters. The van der Waals surface area contributed by atoms with Crippen molar-refractivity contribution in [3.05, 3.63) is 59.7 Å². The number of nitrogens with zero attached hydrogens (tertiary/aromatic N) is 1. The van der Waals surface area contributed by atoms with Gasteiger partial charge in [-0.15, -0.1) is 0 Å². The molecule has 0 saturated carbocycles. The van der Waals surface area contributed by atoms with Gasteiger partial charge in [0, 0.05) is 0 Å². The minimum Gasteiger partial charge on any atom is -0.483 e. The highest BCUT2D eigenvalue weighted by atomic mass is 16.5. The maximum absolute atomic E-state index is 11.7. The molecule has 7 heteroatoms. The number of carbonyl (C=O) groups is 2. The second-order valence-electron chi connectivity index (χ2n) is 5.10. The Kier molecular flexibility index (Phi) is 6.53. The number of aryl methyl sites for hydroxylation is 1.